The second kappa shape index (κ2) is 6.44. The number of aliphatic hydroxyl groups is 1. The van der Waals surface area contributed by atoms with Gasteiger partial charge in [-0.25, -0.2) is 0 Å². The van der Waals surface area contributed by atoms with Crippen LogP contribution in [0, 0.1) is 12.3 Å². The summed E-state index contributed by atoms with van der Waals surface area (Å²) in [5.41, 5.74) is -0.609. The molecule has 0 aromatic rings. The molecule has 1 nitrogen and oxygen atoms in total. The molecule has 82 valence electrons. The maximum atomic E-state index is 10.4. The van der Waals surface area contributed by atoms with Crippen LogP contribution in [0.4, 0.5) is 0 Å². The van der Waals surface area contributed by atoms with Gasteiger partial charge in [-0.1, -0.05) is 68.7 Å². The molecule has 1 heteroatoms. The fourth-order valence-electron chi connectivity index (χ4n) is 1.26. The normalized spacial score (nSPS) is 12.5. The summed E-state index contributed by atoms with van der Waals surface area (Å²) in [6.07, 6.45) is 14.6. The van der Waals surface area contributed by atoms with E-state index >= 15 is 0 Å². The van der Waals surface area contributed by atoms with Gasteiger partial charge in [-0.05, 0) is 11.1 Å². The average Bonchev–Trinajstić information content (AvgIpc) is 2.31. The standard InChI is InChI=1S/C15H16O/c1-6-11-13(8-3)15(16,10-5)14(9-4)12-7-2/h5-9,11-12,16H,1-4H2/b13-11+,14-12+. The summed E-state index contributed by atoms with van der Waals surface area (Å²) in [6.45, 7) is 14.3. The molecule has 0 unspecified atom stereocenters. The van der Waals surface area contributed by atoms with Crippen LogP contribution in [0.3, 0.4) is 0 Å². The number of hydrogen-bond acceptors (Lipinski definition) is 1. The fraction of sp³-hybridized carbons (Fsp3) is 0.0667. The predicted molar refractivity (Wildman–Crippen MR) is 70.7 cm³/mol. The van der Waals surface area contributed by atoms with Gasteiger partial charge in [-0.15, -0.1) is 6.42 Å². The van der Waals surface area contributed by atoms with Gasteiger partial charge in [0, 0.05) is 0 Å². The molecule has 0 heterocycles. The minimum atomic E-state index is -1.55. The molecule has 1 N–H and O–H groups in total. The molecular formula is C15H16O. The molecule has 0 aromatic heterocycles. The number of allylic oxidation sites excluding steroid dienone is 4. The highest BCUT2D eigenvalue weighted by Crippen LogP contribution is 2.27. The molecule has 0 saturated heterocycles. The third-order valence-corrected chi connectivity index (χ3v) is 2.08. The van der Waals surface area contributed by atoms with E-state index in [2.05, 4.69) is 32.2 Å². The summed E-state index contributed by atoms with van der Waals surface area (Å²) in [5, 5.41) is 10.4. The first-order chi connectivity index (χ1) is 7.60. The molecule has 0 rings (SSSR count). The van der Waals surface area contributed by atoms with E-state index in [9.17, 15) is 5.11 Å². The molecule has 0 radical (unpaired) electrons. The van der Waals surface area contributed by atoms with Crippen molar-refractivity contribution in [3.05, 3.63) is 73.9 Å². The minimum Gasteiger partial charge on any atom is -0.369 e. The van der Waals surface area contributed by atoms with Gasteiger partial charge in [0.05, 0.1) is 0 Å². The van der Waals surface area contributed by atoms with Crippen molar-refractivity contribution in [3.8, 4) is 12.3 Å². The molecule has 0 saturated carbocycles. The van der Waals surface area contributed by atoms with E-state index in [0.29, 0.717) is 11.1 Å². The van der Waals surface area contributed by atoms with Crippen molar-refractivity contribution < 1.29 is 5.11 Å². The van der Waals surface area contributed by atoms with E-state index < -0.39 is 5.60 Å². The Hall–Kier alpha value is -2.04. The van der Waals surface area contributed by atoms with Gasteiger partial charge in [0.15, 0.2) is 5.60 Å². The lowest BCUT2D eigenvalue weighted by Gasteiger charge is -2.24. The van der Waals surface area contributed by atoms with E-state index in [4.69, 9.17) is 6.42 Å². The van der Waals surface area contributed by atoms with Crippen LogP contribution in [0.5, 0.6) is 0 Å². The molecule has 0 aliphatic carbocycles. The average molecular weight is 212 g/mol. The van der Waals surface area contributed by atoms with Crippen LogP contribution in [0.1, 0.15) is 0 Å². The summed E-state index contributed by atoms with van der Waals surface area (Å²) in [5.74, 6) is 2.33. The maximum Gasteiger partial charge on any atom is 0.176 e. The zero-order chi connectivity index (χ0) is 12.6. The smallest absolute Gasteiger partial charge is 0.176 e. The second-order valence-electron chi connectivity index (χ2n) is 2.98. The van der Waals surface area contributed by atoms with Crippen LogP contribution in [0.15, 0.2) is 73.9 Å². The summed E-state index contributed by atoms with van der Waals surface area (Å²) in [6, 6.07) is 0. The van der Waals surface area contributed by atoms with E-state index in [-0.39, 0.29) is 0 Å². The van der Waals surface area contributed by atoms with Gasteiger partial charge in [0.25, 0.3) is 0 Å². The van der Waals surface area contributed by atoms with E-state index in [1.54, 1.807) is 12.2 Å². The first-order valence-electron chi connectivity index (χ1n) is 4.72. The van der Waals surface area contributed by atoms with Gasteiger partial charge < -0.3 is 5.11 Å². The van der Waals surface area contributed by atoms with E-state index in [1.165, 1.54) is 24.3 Å². The lowest BCUT2D eigenvalue weighted by atomic mass is 9.85. The quantitative estimate of drug-likeness (QED) is 0.530. The number of rotatable bonds is 6. The summed E-state index contributed by atoms with van der Waals surface area (Å²) < 4.78 is 0. The SMILES string of the molecule is C#CC(O)(/C(C=C)=C/C=C)/C(C=C)=C/C=C. The zero-order valence-electron chi connectivity index (χ0n) is 9.32. The Kier molecular flexibility index (Phi) is 5.62. The summed E-state index contributed by atoms with van der Waals surface area (Å²) in [7, 11) is 0. The van der Waals surface area contributed by atoms with Gasteiger partial charge in [-0.3, -0.25) is 0 Å². The molecule has 0 fully saturated rings. The van der Waals surface area contributed by atoms with Crippen LogP contribution in [-0.4, -0.2) is 10.7 Å². The van der Waals surface area contributed by atoms with Crippen molar-refractivity contribution in [2.45, 2.75) is 5.60 Å². The molecule has 0 aliphatic rings. The van der Waals surface area contributed by atoms with Crippen LogP contribution in [0.25, 0.3) is 0 Å². The van der Waals surface area contributed by atoms with Gasteiger partial charge in [0.2, 0.25) is 0 Å². The van der Waals surface area contributed by atoms with E-state index in [0.717, 1.165) is 0 Å². The van der Waals surface area contributed by atoms with Crippen molar-refractivity contribution in [2.75, 3.05) is 0 Å². The minimum absolute atomic E-state index is 0.470. The third kappa shape index (κ3) is 2.73. The predicted octanol–water partition coefficient (Wildman–Crippen LogP) is 2.95. The highest BCUT2D eigenvalue weighted by Gasteiger charge is 2.29. The Labute approximate surface area is 97.5 Å². The largest absolute Gasteiger partial charge is 0.369 e. The monoisotopic (exact) mass is 212 g/mol. The first-order valence-corrected chi connectivity index (χ1v) is 4.72. The van der Waals surface area contributed by atoms with Crippen molar-refractivity contribution in [2.24, 2.45) is 0 Å². The second-order valence-corrected chi connectivity index (χ2v) is 2.98. The Morgan fingerprint density at radius 3 is 1.56 bits per heavy atom. The molecule has 0 spiro atoms. The number of terminal acetylenes is 1. The Morgan fingerprint density at radius 2 is 1.38 bits per heavy atom. The Balaban J connectivity index is 5.77. The van der Waals surface area contributed by atoms with Crippen molar-refractivity contribution in [3.63, 3.8) is 0 Å². The van der Waals surface area contributed by atoms with Gasteiger partial charge in [0.1, 0.15) is 0 Å². The van der Waals surface area contributed by atoms with Gasteiger partial charge in [-0.2, -0.15) is 0 Å². The molecule has 0 atom stereocenters. The maximum absolute atomic E-state index is 10.4. The van der Waals surface area contributed by atoms with Crippen LogP contribution < -0.4 is 0 Å². The van der Waals surface area contributed by atoms with E-state index in [1.807, 2.05) is 0 Å². The molecule has 16 heavy (non-hydrogen) atoms. The van der Waals surface area contributed by atoms with Crippen molar-refractivity contribution >= 4 is 0 Å². The fourth-order valence-corrected chi connectivity index (χ4v) is 1.26. The lowest BCUT2D eigenvalue weighted by Crippen LogP contribution is -2.30. The first kappa shape index (κ1) is 14.0. The molecule has 0 amide bonds. The van der Waals surface area contributed by atoms with Crippen LogP contribution in [-0.2, 0) is 0 Å². The Bertz CT molecular complexity index is 370. The topological polar surface area (TPSA) is 20.2 Å². The van der Waals surface area contributed by atoms with Crippen molar-refractivity contribution in [1.82, 2.24) is 0 Å². The third-order valence-electron chi connectivity index (χ3n) is 2.08. The number of hydrogen-bond donors (Lipinski definition) is 1. The van der Waals surface area contributed by atoms with Crippen LogP contribution in [0.2, 0.25) is 0 Å². The molecule has 0 aromatic carbocycles. The highest BCUT2D eigenvalue weighted by atomic mass is 16.3. The highest BCUT2D eigenvalue weighted by molar-refractivity contribution is 5.52. The van der Waals surface area contributed by atoms with Crippen molar-refractivity contribution in [1.29, 1.82) is 0 Å². The summed E-state index contributed by atoms with van der Waals surface area (Å²) in [4.78, 5) is 0. The Morgan fingerprint density at radius 1 is 1.00 bits per heavy atom. The zero-order valence-corrected chi connectivity index (χ0v) is 9.32. The lowest BCUT2D eigenvalue weighted by molar-refractivity contribution is 0.186. The van der Waals surface area contributed by atoms with Gasteiger partial charge >= 0.3 is 0 Å². The molecular weight excluding hydrogens is 196 g/mol. The van der Waals surface area contributed by atoms with Crippen LogP contribution >= 0.6 is 0 Å². The molecule has 0 aliphatic heterocycles. The summed E-state index contributed by atoms with van der Waals surface area (Å²) >= 11 is 0. The molecule has 0 bridgehead atoms.